The van der Waals surface area contributed by atoms with E-state index in [2.05, 4.69) is 43.3 Å². The van der Waals surface area contributed by atoms with Crippen molar-refractivity contribution in [3.63, 3.8) is 0 Å². The lowest BCUT2D eigenvalue weighted by Crippen LogP contribution is -2.42. The molecule has 1 aliphatic heterocycles. The number of ether oxygens (including phenoxy) is 3. The number of unbranched alkanes of at least 4 members (excludes halogenated alkanes) is 1. The van der Waals surface area contributed by atoms with Gasteiger partial charge in [0.15, 0.2) is 0 Å². The standard InChI is InChI=1S/C31H52N3O8PS2/c1-10-14-15-16-44-45-21-38-19-31(12-3,29(36)39-13-4)20-40-43(34(22(5)6)23(7)8)42-26-17-27(41-25(26)11-2)33-18-24(9)28(35)32-30(33)37/h1,18,22-23,25-27H,11-17,19-21H2,2-9H3,(H,32,35,37)/t25-,26?,27-,31?,43?/m1/s1. The van der Waals surface area contributed by atoms with Crippen molar-refractivity contribution in [2.75, 3.05) is 31.5 Å². The molecule has 0 aromatic carbocycles. The van der Waals surface area contributed by atoms with Crippen LogP contribution in [0.25, 0.3) is 0 Å². The average Bonchev–Trinajstić information content (AvgIpc) is 3.40. The number of nitrogens with one attached hydrogen (secondary N) is 1. The lowest BCUT2D eigenvalue weighted by Gasteiger charge is -2.39. The Balaban J connectivity index is 2.26. The predicted molar refractivity (Wildman–Crippen MR) is 183 cm³/mol. The fourth-order valence-electron chi connectivity index (χ4n) is 4.95. The summed E-state index contributed by atoms with van der Waals surface area (Å²) in [6, 6.07) is 0.160. The van der Waals surface area contributed by atoms with Crippen LogP contribution in [-0.2, 0) is 28.1 Å². The van der Waals surface area contributed by atoms with E-state index in [4.69, 9.17) is 29.7 Å². The number of nitrogens with zero attached hydrogens (tertiary/aromatic N) is 2. The van der Waals surface area contributed by atoms with Crippen molar-refractivity contribution < 1.29 is 28.1 Å². The number of carbonyl (C=O) groups is 1. The lowest BCUT2D eigenvalue weighted by molar-refractivity contribution is -0.162. The summed E-state index contributed by atoms with van der Waals surface area (Å²) in [6.45, 7) is 16.1. The third-order valence-electron chi connectivity index (χ3n) is 7.49. The maximum absolute atomic E-state index is 13.4. The molecule has 5 atom stereocenters. The molecule has 1 saturated heterocycles. The van der Waals surface area contributed by atoms with Gasteiger partial charge in [0, 0.05) is 42.4 Å². The maximum atomic E-state index is 13.4. The zero-order chi connectivity index (χ0) is 33.6. The van der Waals surface area contributed by atoms with Crippen LogP contribution in [0.4, 0.5) is 0 Å². The van der Waals surface area contributed by atoms with E-state index in [1.54, 1.807) is 35.4 Å². The van der Waals surface area contributed by atoms with Crippen LogP contribution in [0.3, 0.4) is 0 Å². The summed E-state index contributed by atoms with van der Waals surface area (Å²) in [5.74, 6) is 3.63. The molecule has 0 saturated carbocycles. The van der Waals surface area contributed by atoms with Crippen LogP contribution in [0.5, 0.6) is 0 Å². The number of esters is 1. The van der Waals surface area contributed by atoms with Crippen molar-refractivity contribution in [3.8, 4) is 12.3 Å². The minimum absolute atomic E-state index is 0.0519. The Bertz CT molecular complexity index is 1200. The first-order chi connectivity index (χ1) is 21.4. The van der Waals surface area contributed by atoms with Crippen molar-refractivity contribution in [3.05, 3.63) is 32.6 Å². The minimum atomic E-state index is -1.67. The monoisotopic (exact) mass is 689 g/mol. The zero-order valence-electron chi connectivity index (χ0n) is 28.0. The molecule has 1 aliphatic rings. The van der Waals surface area contributed by atoms with Gasteiger partial charge in [0.2, 0.25) is 0 Å². The molecule has 0 spiro atoms. The van der Waals surface area contributed by atoms with Gasteiger partial charge in [-0.25, -0.2) is 9.46 Å². The molecule has 0 radical (unpaired) electrons. The first kappa shape index (κ1) is 39.8. The molecule has 11 nitrogen and oxygen atoms in total. The molecule has 14 heteroatoms. The Hall–Kier alpha value is -1.36. The van der Waals surface area contributed by atoms with E-state index in [-0.39, 0.29) is 50.1 Å². The Morgan fingerprint density at radius 1 is 1.22 bits per heavy atom. The fraction of sp³-hybridized carbons (Fsp3) is 0.774. The van der Waals surface area contributed by atoms with E-state index in [1.807, 2.05) is 13.8 Å². The smallest absolute Gasteiger partial charge is 0.330 e. The summed E-state index contributed by atoms with van der Waals surface area (Å²) in [6.07, 6.45) is 8.76. The van der Waals surface area contributed by atoms with E-state index in [1.165, 1.54) is 10.8 Å². The summed E-state index contributed by atoms with van der Waals surface area (Å²) < 4.78 is 34.8. The van der Waals surface area contributed by atoms with E-state index >= 15 is 0 Å². The van der Waals surface area contributed by atoms with Crippen molar-refractivity contribution in [2.24, 2.45) is 5.41 Å². The van der Waals surface area contributed by atoms with Crippen LogP contribution in [0.1, 0.15) is 92.4 Å². The molecule has 1 N–H and O–H groups in total. The van der Waals surface area contributed by atoms with Crippen molar-refractivity contribution >= 4 is 36.1 Å². The Kier molecular flexibility index (Phi) is 17.8. The van der Waals surface area contributed by atoms with E-state index in [9.17, 15) is 14.4 Å². The second-order valence-corrected chi connectivity index (χ2v) is 15.5. The van der Waals surface area contributed by atoms with Gasteiger partial charge in [0.25, 0.3) is 14.1 Å². The molecule has 45 heavy (non-hydrogen) atoms. The largest absolute Gasteiger partial charge is 0.465 e. The van der Waals surface area contributed by atoms with Crippen LogP contribution in [-0.4, -0.2) is 76.0 Å². The second kappa shape index (κ2) is 20.1. The first-order valence-corrected chi connectivity index (χ1v) is 19.3. The molecule has 0 amide bonds. The highest BCUT2D eigenvalue weighted by atomic mass is 33.1. The summed E-state index contributed by atoms with van der Waals surface area (Å²) in [7, 11) is 1.61. The molecular formula is C31H52N3O8PS2. The molecule has 1 aromatic heterocycles. The van der Waals surface area contributed by atoms with Crippen LogP contribution in [0.2, 0.25) is 0 Å². The van der Waals surface area contributed by atoms with Crippen LogP contribution >= 0.6 is 30.1 Å². The molecular weight excluding hydrogens is 637 g/mol. The van der Waals surface area contributed by atoms with Crippen molar-refractivity contribution in [1.82, 2.24) is 14.2 Å². The number of H-pyrrole nitrogens is 1. The molecule has 2 heterocycles. The number of rotatable bonds is 21. The normalized spacial score (nSPS) is 20.4. The number of carbonyl (C=O) groups excluding carboxylic acids is 1. The second-order valence-electron chi connectivity index (χ2n) is 11.5. The summed E-state index contributed by atoms with van der Waals surface area (Å²) >= 11 is 0. The predicted octanol–water partition coefficient (Wildman–Crippen LogP) is 6.02. The van der Waals surface area contributed by atoms with Crippen LogP contribution < -0.4 is 11.2 Å². The van der Waals surface area contributed by atoms with Gasteiger partial charge < -0.3 is 23.3 Å². The van der Waals surface area contributed by atoms with Crippen molar-refractivity contribution in [1.29, 1.82) is 0 Å². The SMILES string of the molecule is C#CCCCSSCOCC(CC)(COP(OC1C[C@H](n2cc(C)c(=O)[nH]c2=O)O[C@@H]1CC)N(C(C)C)C(C)C)C(=O)OCC. The minimum Gasteiger partial charge on any atom is -0.465 e. The van der Waals surface area contributed by atoms with E-state index in [0.717, 1.165) is 18.6 Å². The molecule has 0 aliphatic carbocycles. The molecule has 1 aromatic rings. The Labute approximate surface area is 277 Å². The van der Waals surface area contributed by atoms with Gasteiger partial charge >= 0.3 is 11.7 Å². The van der Waals surface area contributed by atoms with Gasteiger partial charge in [-0.1, -0.05) is 35.4 Å². The number of hydrogen-bond acceptors (Lipinski definition) is 11. The van der Waals surface area contributed by atoms with Gasteiger partial charge in [-0.2, -0.15) is 0 Å². The van der Waals surface area contributed by atoms with E-state index in [0.29, 0.717) is 30.8 Å². The first-order valence-electron chi connectivity index (χ1n) is 15.7. The molecule has 0 bridgehead atoms. The van der Waals surface area contributed by atoms with Crippen LogP contribution in [0.15, 0.2) is 15.8 Å². The summed E-state index contributed by atoms with van der Waals surface area (Å²) in [5, 5.41) is 0. The zero-order valence-corrected chi connectivity index (χ0v) is 30.6. The highest BCUT2D eigenvalue weighted by Crippen LogP contribution is 2.51. The third-order valence-corrected chi connectivity index (χ3v) is 11.8. The average molecular weight is 690 g/mol. The molecule has 2 rings (SSSR count). The Morgan fingerprint density at radius 2 is 1.93 bits per heavy atom. The highest BCUT2D eigenvalue weighted by Gasteiger charge is 2.44. The summed E-state index contributed by atoms with van der Waals surface area (Å²) in [5.41, 5.74) is -1.54. The van der Waals surface area contributed by atoms with Gasteiger partial charge in [0.05, 0.1) is 32.0 Å². The van der Waals surface area contributed by atoms with Gasteiger partial charge in [-0.3, -0.25) is 19.1 Å². The van der Waals surface area contributed by atoms with Crippen molar-refractivity contribution in [2.45, 2.75) is 118 Å². The maximum Gasteiger partial charge on any atom is 0.330 e. The fourth-order valence-corrected chi connectivity index (χ4v) is 8.54. The number of aromatic nitrogens is 2. The highest BCUT2D eigenvalue weighted by molar-refractivity contribution is 8.76. The molecule has 3 unspecified atom stereocenters. The number of aryl methyl sites for hydroxylation is 1. The van der Waals surface area contributed by atoms with Gasteiger partial charge in [-0.05, 0) is 60.8 Å². The number of hydrogen-bond donors (Lipinski definition) is 1. The molecule has 1 fully saturated rings. The van der Waals surface area contributed by atoms with Gasteiger partial charge in [-0.15, -0.1) is 12.3 Å². The van der Waals surface area contributed by atoms with E-state index < -0.39 is 31.4 Å². The topological polar surface area (TPSA) is 121 Å². The Morgan fingerprint density at radius 3 is 2.53 bits per heavy atom. The van der Waals surface area contributed by atoms with Gasteiger partial charge in [0.1, 0.15) is 17.6 Å². The lowest BCUT2D eigenvalue weighted by atomic mass is 9.87. The number of terminal acetylenes is 1. The molecule has 256 valence electrons. The van der Waals surface area contributed by atoms with Crippen LogP contribution in [0, 0.1) is 24.7 Å². The quantitative estimate of drug-likeness (QED) is 0.0408. The summed E-state index contributed by atoms with van der Waals surface area (Å²) in [4.78, 5) is 40.3. The third kappa shape index (κ3) is 11.7. The number of aromatic amines is 1.